The number of ether oxygens (including phenoxy) is 1. The summed E-state index contributed by atoms with van der Waals surface area (Å²) in [6, 6.07) is 0.0962. The summed E-state index contributed by atoms with van der Waals surface area (Å²) in [6.45, 7) is -0.0312. The molecule has 1 saturated heterocycles. The molecule has 4 nitrogen and oxygen atoms in total. The number of halogens is 1. The number of aliphatic hydroxyl groups excluding tert-OH is 1. The highest BCUT2D eigenvalue weighted by atomic mass is 127. The predicted molar refractivity (Wildman–Crippen MR) is 59.7 cm³/mol. The van der Waals surface area contributed by atoms with E-state index in [9.17, 15) is 4.79 Å². The maximum atomic E-state index is 11.1. The molecule has 0 bridgehead atoms. The second kappa shape index (κ2) is 5.16. The van der Waals surface area contributed by atoms with E-state index in [-0.39, 0.29) is 30.7 Å². The molecule has 2 N–H and O–H groups in total. The summed E-state index contributed by atoms with van der Waals surface area (Å²) in [5, 5.41) is 11.8. The molecule has 0 aliphatic carbocycles. The summed E-state index contributed by atoms with van der Waals surface area (Å²) < 4.78 is 5.85. The first-order valence-electron chi connectivity index (χ1n) is 4.29. The van der Waals surface area contributed by atoms with Gasteiger partial charge in [-0.05, 0) is 6.42 Å². The SMILES string of the molecule is B[C@H]1C[C@@H](NC(=O)CI)[C@@H](CO)O1. The first-order valence-corrected chi connectivity index (χ1v) is 5.81. The van der Waals surface area contributed by atoms with Crippen LogP contribution in [0.5, 0.6) is 0 Å². The van der Waals surface area contributed by atoms with Gasteiger partial charge in [-0.25, -0.2) is 0 Å². The predicted octanol–water partition coefficient (Wildman–Crippen LogP) is -1.35. The van der Waals surface area contributed by atoms with Crippen LogP contribution in [0.4, 0.5) is 0 Å². The van der Waals surface area contributed by atoms with Crippen molar-refractivity contribution < 1.29 is 14.6 Å². The molecule has 0 aromatic heterocycles. The molecule has 3 atom stereocenters. The molecule has 0 aromatic carbocycles. The van der Waals surface area contributed by atoms with Crippen LogP contribution in [0.15, 0.2) is 0 Å². The van der Waals surface area contributed by atoms with E-state index in [0.29, 0.717) is 4.43 Å². The number of rotatable bonds is 3. The third-order valence-corrected chi connectivity index (χ3v) is 2.78. The zero-order chi connectivity index (χ0) is 9.84. The highest BCUT2D eigenvalue weighted by Crippen LogP contribution is 2.17. The summed E-state index contributed by atoms with van der Waals surface area (Å²) in [4.78, 5) is 11.1. The highest BCUT2D eigenvalue weighted by Gasteiger charge is 2.32. The van der Waals surface area contributed by atoms with Crippen LogP contribution in [-0.4, -0.2) is 48.0 Å². The van der Waals surface area contributed by atoms with Crippen molar-refractivity contribution in [1.82, 2.24) is 5.32 Å². The van der Waals surface area contributed by atoms with Gasteiger partial charge < -0.3 is 15.2 Å². The Kier molecular flexibility index (Phi) is 4.47. The van der Waals surface area contributed by atoms with Crippen molar-refractivity contribution in [3.05, 3.63) is 0 Å². The number of carbonyl (C=O) groups is 1. The second-order valence-corrected chi connectivity index (χ2v) is 3.97. The summed E-state index contributed by atoms with van der Waals surface area (Å²) in [7, 11) is 1.94. The molecule has 74 valence electrons. The van der Waals surface area contributed by atoms with Gasteiger partial charge in [0.2, 0.25) is 5.91 Å². The molecule has 1 heterocycles. The third kappa shape index (κ3) is 3.10. The normalized spacial score (nSPS) is 33.2. The Morgan fingerprint density at radius 2 is 2.46 bits per heavy atom. The van der Waals surface area contributed by atoms with Crippen molar-refractivity contribution in [2.75, 3.05) is 11.0 Å². The zero-order valence-electron chi connectivity index (χ0n) is 7.50. The standard InChI is InChI=1S/C7H13BINO3/c8-6-1-4(5(3-11)13-6)10-7(12)2-9/h4-6,11H,1-3,8H2,(H,10,12)/t4-,5-,6-/m1/s1. The molecule has 13 heavy (non-hydrogen) atoms. The largest absolute Gasteiger partial charge is 0.394 e. The van der Waals surface area contributed by atoms with E-state index >= 15 is 0 Å². The minimum atomic E-state index is -0.234. The maximum absolute atomic E-state index is 11.1. The first kappa shape index (κ1) is 11.3. The van der Waals surface area contributed by atoms with Gasteiger partial charge in [0.1, 0.15) is 14.0 Å². The third-order valence-electron chi connectivity index (χ3n) is 2.09. The van der Waals surface area contributed by atoms with E-state index in [4.69, 9.17) is 9.84 Å². The van der Waals surface area contributed by atoms with Crippen LogP contribution in [0, 0.1) is 0 Å². The van der Waals surface area contributed by atoms with Crippen molar-refractivity contribution in [3.63, 3.8) is 0 Å². The van der Waals surface area contributed by atoms with Crippen molar-refractivity contribution in [1.29, 1.82) is 0 Å². The number of hydrogen-bond acceptors (Lipinski definition) is 3. The minimum Gasteiger partial charge on any atom is -0.394 e. The van der Waals surface area contributed by atoms with Crippen LogP contribution < -0.4 is 5.32 Å². The number of amides is 1. The fourth-order valence-electron chi connectivity index (χ4n) is 1.53. The Balaban J connectivity index is 2.43. The highest BCUT2D eigenvalue weighted by molar-refractivity contribution is 14.1. The van der Waals surface area contributed by atoms with Crippen LogP contribution in [0.1, 0.15) is 6.42 Å². The van der Waals surface area contributed by atoms with Gasteiger partial charge in [0, 0.05) is 6.00 Å². The molecule has 0 unspecified atom stereocenters. The number of aliphatic hydroxyl groups is 1. The van der Waals surface area contributed by atoms with Crippen molar-refractivity contribution in [2.24, 2.45) is 0 Å². The first-order chi connectivity index (χ1) is 6.17. The van der Waals surface area contributed by atoms with Gasteiger partial charge in [-0.2, -0.15) is 0 Å². The Bertz CT molecular complexity index is 193. The summed E-state index contributed by atoms with van der Waals surface area (Å²) in [5.74, 6) is 0.00162. The Morgan fingerprint density at radius 1 is 1.77 bits per heavy atom. The average molecular weight is 297 g/mol. The Morgan fingerprint density at radius 3 is 3.00 bits per heavy atom. The summed E-state index contributed by atoms with van der Waals surface area (Å²) in [6.07, 6.45) is 0.551. The molecular formula is C7H13BINO3. The molecule has 1 aliphatic rings. The zero-order valence-corrected chi connectivity index (χ0v) is 9.65. The van der Waals surface area contributed by atoms with Crippen molar-refractivity contribution in [3.8, 4) is 0 Å². The number of hydrogen-bond donors (Lipinski definition) is 2. The van der Waals surface area contributed by atoms with Crippen LogP contribution in [-0.2, 0) is 9.53 Å². The fraction of sp³-hybridized carbons (Fsp3) is 0.857. The lowest BCUT2D eigenvalue weighted by Gasteiger charge is -2.16. The Labute approximate surface area is 92.0 Å². The summed E-state index contributed by atoms with van der Waals surface area (Å²) >= 11 is 2.01. The number of carbonyl (C=O) groups excluding carboxylic acids is 1. The van der Waals surface area contributed by atoms with E-state index in [2.05, 4.69) is 5.32 Å². The topological polar surface area (TPSA) is 58.6 Å². The molecule has 1 aliphatic heterocycles. The van der Waals surface area contributed by atoms with Gasteiger partial charge in [0.05, 0.1) is 17.1 Å². The van der Waals surface area contributed by atoms with Gasteiger partial charge in [0.25, 0.3) is 0 Å². The van der Waals surface area contributed by atoms with Crippen molar-refractivity contribution >= 4 is 36.3 Å². The van der Waals surface area contributed by atoms with E-state index in [0.717, 1.165) is 6.42 Å². The monoisotopic (exact) mass is 297 g/mol. The van der Waals surface area contributed by atoms with E-state index < -0.39 is 0 Å². The maximum Gasteiger partial charge on any atom is 0.230 e. The molecule has 1 rings (SSSR count). The molecule has 0 spiro atoms. The van der Waals surface area contributed by atoms with E-state index in [1.54, 1.807) is 0 Å². The molecular weight excluding hydrogens is 284 g/mol. The van der Waals surface area contributed by atoms with Gasteiger partial charge in [-0.1, -0.05) is 22.6 Å². The quantitative estimate of drug-likeness (QED) is 0.384. The van der Waals surface area contributed by atoms with Crippen LogP contribution in [0.3, 0.4) is 0 Å². The number of alkyl halides is 1. The lowest BCUT2D eigenvalue weighted by Crippen LogP contribution is -2.42. The van der Waals surface area contributed by atoms with Gasteiger partial charge >= 0.3 is 0 Å². The van der Waals surface area contributed by atoms with Gasteiger partial charge in [-0.15, -0.1) is 0 Å². The van der Waals surface area contributed by atoms with E-state index in [1.807, 2.05) is 30.4 Å². The van der Waals surface area contributed by atoms with Crippen molar-refractivity contribution in [2.45, 2.75) is 24.6 Å². The molecule has 1 fully saturated rings. The molecule has 0 radical (unpaired) electrons. The van der Waals surface area contributed by atoms with Crippen LogP contribution in [0.25, 0.3) is 0 Å². The summed E-state index contributed by atoms with van der Waals surface area (Å²) in [5.41, 5.74) is 0. The second-order valence-electron chi connectivity index (χ2n) is 3.21. The van der Waals surface area contributed by atoms with E-state index in [1.165, 1.54) is 0 Å². The Hall–Kier alpha value is 0.185. The van der Waals surface area contributed by atoms with Gasteiger partial charge in [0.15, 0.2) is 0 Å². The lowest BCUT2D eigenvalue weighted by atomic mass is 9.95. The molecule has 0 saturated carbocycles. The van der Waals surface area contributed by atoms with Crippen LogP contribution >= 0.6 is 22.6 Å². The molecule has 0 aromatic rings. The van der Waals surface area contributed by atoms with Gasteiger partial charge in [-0.3, -0.25) is 4.79 Å². The van der Waals surface area contributed by atoms with Crippen LogP contribution in [0.2, 0.25) is 0 Å². The average Bonchev–Trinajstić information content (AvgIpc) is 2.46. The number of nitrogens with one attached hydrogen (secondary N) is 1. The minimum absolute atomic E-state index is 0.00162. The lowest BCUT2D eigenvalue weighted by molar-refractivity contribution is -0.119. The smallest absolute Gasteiger partial charge is 0.230 e. The fourth-order valence-corrected chi connectivity index (χ4v) is 1.75. The molecule has 6 heteroatoms. The molecule has 1 amide bonds.